The highest BCUT2D eigenvalue weighted by Crippen LogP contribution is 2.34. The maximum atomic E-state index is 11.7. The Bertz CT molecular complexity index is 714. The molecule has 0 radical (unpaired) electrons. The van der Waals surface area contributed by atoms with E-state index in [0.717, 1.165) is 0 Å². The lowest BCUT2D eigenvalue weighted by molar-refractivity contribution is -0.150. The van der Waals surface area contributed by atoms with Crippen molar-refractivity contribution in [3.63, 3.8) is 0 Å². The summed E-state index contributed by atoms with van der Waals surface area (Å²) in [6.07, 6.45) is -1.27. The van der Waals surface area contributed by atoms with E-state index in [0.29, 0.717) is 0 Å². The Kier molecular flexibility index (Phi) is 11.9. The molecule has 0 amide bonds. The predicted molar refractivity (Wildman–Crippen MR) is 112 cm³/mol. The summed E-state index contributed by atoms with van der Waals surface area (Å²) in [5, 5.41) is 37.0. The van der Waals surface area contributed by atoms with Gasteiger partial charge in [-0.25, -0.2) is 0 Å². The van der Waals surface area contributed by atoms with Gasteiger partial charge in [0.15, 0.2) is 0 Å². The second-order valence-electron chi connectivity index (χ2n) is 7.75. The van der Waals surface area contributed by atoms with Crippen molar-refractivity contribution in [1.29, 1.82) is 0 Å². The molecule has 1 rings (SSSR count). The normalized spacial score (nSPS) is 19.8. The summed E-state index contributed by atoms with van der Waals surface area (Å²) in [4.78, 5) is 69.8. The van der Waals surface area contributed by atoms with Crippen LogP contribution in [0.3, 0.4) is 0 Å². The van der Waals surface area contributed by atoms with E-state index in [1.807, 2.05) is 0 Å². The van der Waals surface area contributed by atoms with E-state index >= 15 is 0 Å². The van der Waals surface area contributed by atoms with Gasteiger partial charge in [-0.1, -0.05) is 0 Å². The van der Waals surface area contributed by atoms with Gasteiger partial charge in [0.25, 0.3) is 0 Å². The number of nitrogens with zero attached hydrogens (tertiary/aromatic N) is 4. The van der Waals surface area contributed by atoms with Crippen LogP contribution in [-0.4, -0.2) is 151 Å². The Morgan fingerprint density at radius 1 is 0.667 bits per heavy atom. The van der Waals surface area contributed by atoms with E-state index < -0.39 is 63.3 Å². The molecule has 1 aliphatic rings. The largest absolute Gasteiger partial charge is 0.481 e. The van der Waals surface area contributed by atoms with E-state index in [9.17, 15) is 48.8 Å². The lowest BCUT2D eigenvalue weighted by Gasteiger charge is -2.35. The number of aliphatic carboxylic acids is 4. The van der Waals surface area contributed by atoms with Crippen LogP contribution in [0.4, 0.5) is 0 Å². The van der Waals surface area contributed by atoms with Crippen LogP contribution in [0.15, 0.2) is 0 Å². The highest BCUT2D eigenvalue weighted by molar-refractivity contribution is 7.51. The SMILES string of the molecule is O=C(O)CC(C(=O)O)N1CCN(CC(=O)O)CCN(CP(=O)(O)O)CCN(CC(=O)O)CC1. The topological polar surface area (TPSA) is 220 Å². The Labute approximate surface area is 189 Å². The van der Waals surface area contributed by atoms with Crippen molar-refractivity contribution in [2.75, 3.05) is 71.7 Å². The molecule has 1 heterocycles. The number of carbonyl (C=O) groups is 4. The number of rotatable bonds is 10. The van der Waals surface area contributed by atoms with Crippen molar-refractivity contribution in [3.05, 3.63) is 0 Å². The summed E-state index contributed by atoms with van der Waals surface area (Å²) in [5.41, 5.74) is 0. The molecule has 0 aromatic rings. The third kappa shape index (κ3) is 12.6. The zero-order valence-electron chi connectivity index (χ0n) is 18.0. The van der Waals surface area contributed by atoms with Gasteiger partial charge in [0, 0.05) is 52.4 Å². The molecule has 0 spiro atoms. The number of carboxylic acid groups (broad SMARTS) is 4. The number of carboxylic acids is 4. The Hall–Kier alpha value is -2.13. The summed E-state index contributed by atoms with van der Waals surface area (Å²) < 4.78 is 11.5. The van der Waals surface area contributed by atoms with Crippen LogP contribution in [0.5, 0.6) is 0 Å². The van der Waals surface area contributed by atoms with Gasteiger partial charge in [-0.3, -0.25) is 43.3 Å². The first-order valence-electron chi connectivity index (χ1n) is 10.1. The minimum atomic E-state index is -4.43. The second kappa shape index (κ2) is 13.5. The summed E-state index contributed by atoms with van der Waals surface area (Å²) in [6, 6.07) is -1.39. The zero-order valence-corrected chi connectivity index (χ0v) is 18.9. The monoisotopic (exact) mass is 498 g/mol. The summed E-state index contributed by atoms with van der Waals surface area (Å²) >= 11 is 0. The molecule has 1 aliphatic heterocycles. The molecule has 33 heavy (non-hydrogen) atoms. The molecule has 0 aromatic carbocycles. The van der Waals surface area contributed by atoms with Gasteiger partial charge >= 0.3 is 31.5 Å². The highest BCUT2D eigenvalue weighted by atomic mass is 31.2. The van der Waals surface area contributed by atoms with Gasteiger partial charge in [0.1, 0.15) is 12.3 Å². The van der Waals surface area contributed by atoms with Gasteiger partial charge in [-0.2, -0.15) is 0 Å². The predicted octanol–water partition coefficient (Wildman–Crippen LogP) is -2.56. The molecule has 1 fully saturated rings. The second-order valence-corrected chi connectivity index (χ2v) is 9.36. The van der Waals surface area contributed by atoms with Gasteiger partial charge in [0.05, 0.1) is 19.5 Å². The summed E-state index contributed by atoms with van der Waals surface area (Å²) in [5.74, 6) is -5.00. The van der Waals surface area contributed by atoms with Crippen molar-refractivity contribution < 1.29 is 54.0 Å². The van der Waals surface area contributed by atoms with Gasteiger partial charge in [0.2, 0.25) is 0 Å². The van der Waals surface area contributed by atoms with Crippen LogP contribution < -0.4 is 0 Å². The fourth-order valence-corrected chi connectivity index (χ4v) is 4.31. The quantitative estimate of drug-likeness (QED) is 0.171. The number of hydrogen-bond acceptors (Lipinski definition) is 9. The van der Waals surface area contributed by atoms with Crippen LogP contribution in [-0.2, 0) is 23.7 Å². The average Bonchev–Trinajstić information content (AvgIpc) is 2.64. The first-order valence-corrected chi connectivity index (χ1v) is 11.9. The van der Waals surface area contributed by atoms with Crippen LogP contribution >= 0.6 is 7.60 Å². The van der Waals surface area contributed by atoms with Gasteiger partial charge in [-0.15, -0.1) is 0 Å². The maximum absolute atomic E-state index is 11.7. The minimum Gasteiger partial charge on any atom is -0.481 e. The van der Waals surface area contributed by atoms with E-state index in [4.69, 9.17) is 5.11 Å². The maximum Gasteiger partial charge on any atom is 0.339 e. The molecule has 0 aromatic heterocycles. The molecule has 0 aliphatic carbocycles. The molecule has 0 bridgehead atoms. The van der Waals surface area contributed by atoms with Crippen LogP contribution in [0.25, 0.3) is 0 Å². The van der Waals surface area contributed by atoms with Crippen LogP contribution in [0, 0.1) is 0 Å². The summed E-state index contributed by atoms with van der Waals surface area (Å²) in [7, 11) is -4.43. The van der Waals surface area contributed by atoms with Crippen LogP contribution in [0.1, 0.15) is 6.42 Å². The van der Waals surface area contributed by atoms with E-state index in [2.05, 4.69) is 0 Å². The molecular formula is C17H31N4O11P. The van der Waals surface area contributed by atoms with Crippen molar-refractivity contribution in [1.82, 2.24) is 19.6 Å². The molecule has 1 unspecified atom stereocenters. The highest BCUT2D eigenvalue weighted by Gasteiger charge is 2.30. The van der Waals surface area contributed by atoms with Crippen LogP contribution in [0.2, 0.25) is 0 Å². The molecular weight excluding hydrogens is 467 g/mol. The molecule has 1 atom stereocenters. The Morgan fingerprint density at radius 2 is 1.06 bits per heavy atom. The van der Waals surface area contributed by atoms with Crippen molar-refractivity contribution >= 4 is 31.5 Å². The zero-order chi connectivity index (χ0) is 25.2. The lowest BCUT2D eigenvalue weighted by Crippen LogP contribution is -2.52. The molecule has 1 saturated heterocycles. The average molecular weight is 498 g/mol. The van der Waals surface area contributed by atoms with E-state index in [-0.39, 0.29) is 52.4 Å². The smallest absolute Gasteiger partial charge is 0.339 e. The minimum absolute atomic E-state index is 0.00304. The molecule has 6 N–H and O–H groups in total. The van der Waals surface area contributed by atoms with Gasteiger partial charge in [-0.05, 0) is 0 Å². The molecule has 0 saturated carbocycles. The van der Waals surface area contributed by atoms with Crippen molar-refractivity contribution in [2.24, 2.45) is 0 Å². The molecule has 190 valence electrons. The Balaban J connectivity index is 3.15. The van der Waals surface area contributed by atoms with E-state index in [1.54, 1.807) is 0 Å². The third-order valence-corrected chi connectivity index (χ3v) is 5.84. The number of hydrogen-bond donors (Lipinski definition) is 6. The summed E-state index contributed by atoms with van der Waals surface area (Å²) in [6.45, 7) is -0.359. The third-order valence-electron chi connectivity index (χ3n) is 5.07. The molecule has 16 heteroatoms. The van der Waals surface area contributed by atoms with Crippen molar-refractivity contribution in [3.8, 4) is 0 Å². The lowest BCUT2D eigenvalue weighted by atomic mass is 10.1. The Morgan fingerprint density at radius 3 is 1.39 bits per heavy atom. The van der Waals surface area contributed by atoms with Gasteiger partial charge < -0.3 is 30.2 Å². The van der Waals surface area contributed by atoms with Crippen molar-refractivity contribution in [2.45, 2.75) is 12.5 Å². The standard InChI is InChI=1S/C17H31N4O11P/c22-14(23)9-13(17(28)29)21-7-5-18(10-15(24)25)1-3-20(12-33(30,31)32)4-2-19(6-8-21)11-16(26)27/h13H,1-12H2,(H,22,23)(H,24,25)(H,26,27)(H,28,29)(H2,30,31,32). The fourth-order valence-electron chi connectivity index (χ4n) is 3.50. The first-order chi connectivity index (χ1) is 15.3. The first kappa shape index (κ1) is 28.9. The molecule has 15 nitrogen and oxygen atoms in total. The fraction of sp³-hybridized carbons (Fsp3) is 0.765. The van der Waals surface area contributed by atoms with E-state index in [1.165, 1.54) is 19.6 Å².